The minimum Gasteiger partial charge on any atom is -0.309 e. The highest BCUT2D eigenvalue weighted by Crippen LogP contribution is 2.56. The summed E-state index contributed by atoms with van der Waals surface area (Å²) in [6.07, 6.45) is 4.39. The van der Waals surface area contributed by atoms with Crippen molar-refractivity contribution in [3.8, 4) is 16.8 Å². The molecule has 2 aliphatic carbocycles. The molecule has 2 amide bonds. The number of hydrogen-bond donors (Lipinski definition) is 0. The summed E-state index contributed by atoms with van der Waals surface area (Å²) in [6, 6.07) is 57.2. The molecule has 7 aliphatic rings. The Kier molecular flexibility index (Phi) is 9.88. The molecule has 3 bridgehead atoms. The van der Waals surface area contributed by atoms with Crippen molar-refractivity contribution < 1.29 is 4.79 Å². The first-order valence-electron chi connectivity index (χ1n) is 29.4. The van der Waals surface area contributed by atoms with Gasteiger partial charge < -0.3 is 4.57 Å². The highest BCUT2D eigenvalue weighted by Gasteiger charge is 2.53. The van der Waals surface area contributed by atoms with Crippen LogP contribution >= 0.6 is 0 Å². The van der Waals surface area contributed by atoms with E-state index in [-0.39, 0.29) is 48.0 Å². The zero-order valence-corrected chi connectivity index (χ0v) is 48.0. The van der Waals surface area contributed by atoms with Crippen molar-refractivity contribution in [3.05, 3.63) is 261 Å². The molecule has 16 rings (SSSR count). The van der Waals surface area contributed by atoms with Crippen LogP contribution in [0.4, 0.5) is 16.2 Å². The Bertz CT molecular complexity index is 4540. The second-order valence-corrected chi connectivity index (χ2v) is 25.4. The molecule has 5 nitrogen and oxygen atoms in total. The van der Waals surface area contributed by atoms with Gasteiger partial charge >= 0.3 is 6.03 Å². The van der Waals surface area contributed by atoms with Crippen molar-refractivity contribution in [2.75, 3.05) is 9.80 Å². The number of anilines is 2. The summed E-state index contributed by atoms with van der Waals surface area (Å²) in [4.78, 5) is 24.0. The average Bonchev–Trinajstić information content (AvgIpc) is 1.94. The molecule has 0 spiro atoms. The summed E-state index contributed by atoms with van der Waals surface area (Å²) in [6.45, 7) is 27.9. The molecule has 1 saturated heterocycles. The molecule has 2 unspecified atom stereocenters. The van der Waals surface area contributed by atoms with E-state index < -0.39 is 0 Å². The molecule has 7 heteroatoms. The molecule has 9 aromatic rings. The Balaban J connectivity index is 1.10. The number of fused-ring (bicyclic) bond motifs is 9. The molecule has 1 aromatic heterocycles. The summed E-state index contributed by atoms with van der Waals surface area (Å²) < 4.78 is 2.66. The van der Waals surface area contributed by atoms with E-state index in [1.165, 1.54) is 99.4 Å². The molecule has 0 radical (unpaired) electrons. The summed E-state index contributed by atoms with van der Waals surface area (Å²) in [5.74, 6) is 6.87. The van der Waals surface area contributed by atoms with E-state index in [1.54, 1.807) is 0 Å². The number of rotatable bonds is 5. The average molecular weight is 1050 g/mol. The molecule has 6 heterocycles. The topological polar surface area (TPSA) is 31.7 Å². The number of urea groups is 1. The van der Waals surface area contributed by atoms with Crippen LogP contribution in [-0.2, 0) is 10.8 Å². The Morgan fingerprint density at radius 1 is 0.617 bits per heavy atom. The Morgan fingerprint density at radius 2 is 1.17 bits per heavy atom. The van der Waals surface area contributed by atoms with Crippen LogP contribution in [0.25, 0.3) is 44.2 Å². The van der Waals surface area contributed by atoms with Gasteiger partial charge in [0.05, 0.1) is 22.4 Å². The van der Waals surface area contributed by atoms with Crippen molar-refractivity contribution in [1.82, 2.24) is 9.47 Å². The quantitative estimate of drug-likeness (QED) is 0.161. The van der Waals surface area contributed by atoms with Crippen molar-refractivity contribution >= 4 is 80.1 Å². The normalized spacial score (nSPS) is 19.0. The fraction of sp³-hybridized carbons (Fsp3) is 0.203. The van der Waals surface area contributed by atoms with Crippen LogP contribution in [0.3, 0.4) is 0 Å². The van der Waals surface area contributed by atoms with E-state index in [0.717, 1.165) is 50.9 Å². The van der Waals surface area contributed by atoms with Crippen molar-refractivity contribution in [3.63, 3.8) is 0 Å². The number of benzene rings is 8. The van der Waals surface area contributed by atoms with E-state index in [0.29, 0.717) is 5.70 Å². The minimum absolute atomic E-state index is 0.0229. The van der Waals surface area contributed by atoms with Crippen molar-refractivity contribution in [2.45, 2.75) is 97.8 Å². The van der Waals surface area contributed by atoms with Crippen LogP contribution in [-0.4, -0.2) is 28.9 Å². The number of aryl methyl sites for hydroxylation is 1. The number of hydrogen-bond acceptors (Lipinski definition) is 2. The predicted molar refractivity (Wildman–Crippen MR) is 340 cm³/mol. The van der Waals surface area contributed by atoms with Gasteiger partial charge in [0.15, 0.2) is 0 Å². The third kappa shape index (κ3) is 6.06. The number of allylic oxidation sites excluding steroid dienone is 4. The van der Waals surface area contributed by atoms with Gasteiger partial charge in [-0.2, -0.15) is 0 Å². The van der Waals surface area contributed by atoms with Crippen LogP contribution in [0, 0.1) is 6.92 Å². The Morgan fingerprint density at radius 3 is 1.84 bits per heavy atom. The largest absolute Gasteiger partial charge is 0.340 e. The summed E-state index contributed by atoms with van der Waals surface area (Å²) in [7, 11) is 0. The third-order valence-corrected chi connectivity index (χ3v) is 20.3. The number of carbonyl (C=O) groups is 1. The van der Waals surface area contributed by atoms with Crippen LogP contribution in [0.1, 0.15) is 136 Å². The van der Waals surface area contributed by atoms with Gasteiger partial charge in [0.2, 0.25) is 13.4 Å². The molecule has 0 saturated carbocycles. The fourth-order valence-electron chi connectivity index (χ4n) is 16.6. The van der Waals surface area contributed by atoms with Gasteiger partial charge in [-0.1, -0.05) is 236 Å². The lowest BCUT2D eigenvalue weighted by Gasteiger charge is -2.53. The first kappa shape index (κ1) is 48.4. The molecule has 8 aromatic carbocycles. The van der Waals surface area contributed by atoms with Crippen LogP contribution in [0.15, 0.2) is 205 Å². The first-order valence-corrected chi connectivity index (χ1v) is 29.4. The Labute approximate surface area is 477 Å². The summed E-state index contributed by atoms with van der Waals surface area (Å²) in [5.41, 5.74) is 27.8. The Hall–Kier alpha value is -8.54. The van der Waals surface area contributed by atoms with Crippen molar-refractivity contribution in [2.24, 2.45) is 0 Å². The fourth-order valence-corrected chi connectivity index (χ4v) is 16.6. The van der Waals surface area contributed by atoms with E-state index >= 15 is 4.79 Å². The molecular formula is C74H64B2N4O. The lowest BCUT2D eigenvalue weighted by Crippen LogP contribution is -2.65. The number of para-hydroxylation sites is 2. The van der Waals surface area contributed by atoms with E-state index in [4.69, 9.17) is 6.58 Å². The van der Waals surface area contributed by atoms with Gasteiger partial charge in [-0.3, -0.25) is 4.90 Å². The number of amides is 2. The molecule has 392 valence electrons. The van der Waals surface area contributed by atoms with E-state index in [2.05, 4.69) is 259 Å². The molecule has 0 N–H and O–H groups in total. The molecule has 5 aliphatic heterocycles. The molecular weight excluding hydrogens is 982 g/mol. The second kappa shape index (κ2) is 16.5. The SMILES string of the molecule is C=C(C1=C(/C=C\C)C(C)(C)c2ccccc21)N1C(=O)N(c2cccc3c2-c2ccccc2C3(C)C)C2=CB3c4cc5cc6c4N2C1=CB6c1c(C(C)C)cccc1C(C)c1cccc2c4cccc(c4n-5c12)C(C)c1cccc(C)c13. The zero-order chi connectivity index (χ0) is 55.4. The zero-order valence-electron chi connectivity index (χ0n) is 48.0. The highest BCUT2D eigenvalue weighted by atomic mass is 16.2. The standard InChI is InChI=1S/C74H64B2N4O/c1-12-22-58-65(54-24-13-15-33-56(54)73(58,8)9)45(7)77-63-39-76-61-38-46-37-60-71(61)80(63)64(79(72(77)81)62-36-21-35-59-66(62)55-25-14-16-34-57(55)74(59,10)11)40-75(60)67-42(4)23-17-27-48(67)43(5)50-29-19-31-52-53-32-20-30-51(70(53)78(46)69(50)52)44(6)49-28-18-26-47(41(2)3)68(49)76/h12-41,43-44H,7H2,1-6,8-11H3/b22-12-. The number of carbonyl (C=O) groups excluding carboxylic acids is 1. The predicted octanol–water partition coefficient (Wildman–Crippen LogP) is 15.0. The van der Waals surface area contributed by atoms with Crippen LogP contribution in [0.2, 0.25) is 0 Å². The molecule has 81 heavy (non-hydrogen) atoms. The maximum atomic E-state index is 17.4. The second-order valence-electron chi connectivity index (χ2n) is 25.4. The van der Waals surface area contributed by atoms with Crippen LogP contribution < -0.4 is 31.7 Å². The number of nitrogens with zero attached hydrogens (tertiary/aromatic N) is 4. The highest BCUT2D eigenvalue weighted by molar-refractivity contribution is 6.95. The first-order chi connectivity index (χ1) is 39.1. The van der Waals surface area contributed by atoms with Gasteiger partial charge in [0, 0.05) is 55.9 Å². The number of aromatic nitrogens is 1. The van der Waals surface area contributed by atoms with Gasteiger partial charge in [-0.15, -0.1) is 0 Å². The van der Waals surface area contributed by atoms with E-state index in [9.17, 15) is 0 Å². The summed E-state index contributed by atoms with van der Waals surface area (Å²) >= 11 is 0. The van der Waals surface area contributed by atoms with Gasteiger partial charge in [-0.05, 0) is 110 Å². The van der Waals surface area contributed by atoms with Gasteiger partial charge in [-0.25, -0.2) is 14.6 Å². The lowest BCUT2D eigenvalue weighted by atomic mass is 9.32. The maximum Gasteiger partial charge on any atom is 0.340 e. The maximum absolute atomic E-state index is 17.4. The minimum atomic E-state index is -0.356. The van der Waals surface area contributed by atoms with Gasteiger partial charge in [0.1, 0.15) is 11.6 Å². The molecule has 2 atom stereocenters. The van der Waals surface area contributed by atoms with E-state index in [1.807, 2.05) is 4.90 Å². The van der Waals surface area contributed by atoms with Crippen molar-refractivity contribution in [1.29, 1.82) is 0 Å². The van der Waals surface area contributed by atoms with Crippen LogP contribution in [0.5, 0.6) is 0 Å². The monoisotopic (exact) mass is 1050 g/mol. The molecule has 1 fully saturated rings. The smallest absolute Gasteiger partial charge is 0.309 e. The lowest BCUT2D eigenvalue weighted by molar-refractivity contribution is 0.226. The summed E-state index contributed by atoms with van der Waals surface area (Å²) in [5, 5.41) is 2.56. The van der Waals surface area contributed by atoms with Gasteiger partial charge in [0.25, 0.3) is 0 Å². The third-order valence-electron chi connectivity index (χ3n) is 20.3.